The molecule has 2 amide bonds. The fourth-order valence-electron chi connectivity index (χ4n) is 2.38. The molecule has 1 aromatic carbocycles. The molecule has 0 atom stereocenters. The van der Waals surface area contributed by atoms with E-state index in [9.17, 15) is 9.59 Å². The maximum absolute atomic E-state index is 11.9. The Morgan fingerprint density at radius 1 is 1.29 bits per heavy atom. The monoisotopic (exact) mass is 290 g/mol. The highest BCUT2D eigenvalue weighted by Gasteiger charge is 2.42. The molecule has 21 heavy (non-hydrogen) atoms. The Morgan fingerprint density at radius 3 is 2.52 bits per heavy atom. The summed E-state index contributed by atoms with van der Waals surface area (Å²) in [5, 5.41) is 11.5. The predicted octanol–water partition coefficient (Wildman–Crippen LogP) is 2.13. The Labute approximate surface area is 125 Å². The number of carbonyl (C=O) groups is 2. The minimum atomic E-state index is -0.891. The van der Waals surface area contributed by atoms with E-state index in [1.165, 1.54) is 10.5 Å². The number of hydrogen-bond acceptors (Lipinski definition) is 2. The molecule has 5 nitrogen and oxygen atoms in total. The normalized spacial score (nSPS) is 15.3. The van der Waals surface area contributed by atoms with E-state index in [1.807, 2.05) is 18.2 Å². The van der Waals surface area contributed by atoms with Gasteiger partial charge in [-0.25, -0.2) is 4.79 Å². The molecule has 2 N–H and O–H groups in total. The number of carboxylic acid groups (broad SMARTS) is 1. The maximum atomic E-state index is 11.9. The minimum Gasteiger partial charge on any atom is -0.481 e. The number of carboxylic acids is 1. The Morgan fingerprint density at radius 2 is 1.95 bits per heavy atom. The lowest BCUT2D eigenvalue weighted by Gasteiger charge is -2.21. The predicted molar refractivity (Wildman–Crippen MR) is 80.1 cm³/mol. The van der Waals surface area contributed by atoms with Crippen LogP contribution in [0.4, 0.5) is 4.79 Å². The Bertz CT molecular complexity index is 498. The molecular weight excluding hydrogens is 268 g/mol. The van der Waals surface area contributed by atoms with Crippen LogP contribution in [0.2, 0.25) is 0 Å². The summed E-state index contributed by atoms with van der Waals surface area (Å²) in [6.07, 6.45) is 3.20. The van der Waals surface area contributed by atoms with Crippen LogP contribution in [-0.2, 0) is 11.2 Å². The lowest BCUT2D eigenvalue weighted by atomic mass is 9.96. The van der Waals surface area contributed by atoms with E-state index in [1.54, 1.807) is 7.05 Å². The van der Waals surface area contributed by atoms with E-state index < -0.39 is 5.97 Å². The number of urea groups is 1. The Kier molecular flexibility index (Phi) is 4.83. The number of aliphatic carboxylic acids is 1. The van der Waals surface area contributed by atoms with Crippen LogP contribution in [0.1, 0.15) is 24.8 Å². The van der Waals surface area contributed by atoms with Gasteiger partial charge in [0.25, 0.3) is 0 Å². The third kappa shape index (κ3) is 4.77. The van der Waals surface area contributed by atoms with Crippen LogP contribution in [0.3, 0.4) is 0 Å². The van der Waals surface area contributed by atoms with Gasteiger partial charge in [-0.05, 0) is 30.2 Å². The SMILES string of the molecule is CN(CCC(=O)O)C(=O)NCC1(Cc2ccccc2)CC1. The Balaban J connectivity index is 1.77. The van der Waals surface area contributed by atoms with Crippen molar-refractivity contribution in [2.24, 2.45) is 5.41 Å². The van der Waals surface area contributed by atoms with Crippen molar-refractivity contribution in [3.8, 4) is 0 Å². The first-order valence-electron chi connectivity index (χ1n) is 7.25. The summed E-state index contributed by atoms with van der Waals surface area (Å²) in [5.74, 6) is -0.891. The van der Waals surface area contributed by atoms with Gasteiger partial charge in [0, 0.05) is 20.1 Å². The average Bonchev–Trinajstić information content (AvgIpc) is 3.23. The molecule has 0 unspecified atom stereocenters. The van der Waals surface area contributed by atoms with Crippen molar-refractivity contribution in [3.05, 3.63) is 35.9 Å². The summed E-state index contributed by atoms with van der Waals surface area (Å²) in [5.41, 5.74) is 1.48. The van der Waals surface area contributed by atoms with Crippen molar-refractivity contribution in [1.29, 1.82) is 0 Å². The second-order valence-electron chi connectivity index (χ2n) is 5.89. The Hall–Kier alpha value is -2.04. The number of benzene rings is 1. The molecule has 0 heterocycles. The highest BCUT2D eigenvalue weighted by Crippen LogP contribution is 2.47. The molecular formula is C16H22N2O3. The van der Waals surface area contributed by atoms with Crippen LogP contribution >= 0.6 is 0 Å². The van der Waals surface area contributed by atoms with Gasteiger partial charge < -0.3 is 15.3 Å². The molecule has 0 spiro atoms. The number of nitrogens with zero attached hydrogens (tertiary/aromatic N) is 1. The molecule has 5 heteroatoms. The van der Waals surface area contributed by atoms with Crippen molar-refractivity contribution < 1.29 is 14.7 Å². The van der Waals surface area contributed by atoms with E-state index in [0.29, 0.717) is 6.54 Å². The van der Waals surface area contributed by atoms with E-state index in [-0.39, 0.29) is 24.4 Å². The van der Waals surface area contributed by atoms with Crippen molar-refractivity contribution in [1.82, 2.24) is 10.2 Å². The maximum Gasteiger partial charge on any atom is 0.317 e. The van der Waals surface area contributed by atoms with Gasteiger partial charge >= 0.3 is 12.0 Å². The standard InChI is InChI=1S/C16H22N2O3/c1-18(10-7-14(19)20)15(21)17-12-16(8-9-16)11-13-5-3-2-4-6-13/h2-6H,7-12H2,1H3,(H,17,21)(H,19,20). The van der Waals surface area contributed by atoms with Crippen molar-refractivity contribution in [3.63, 3.8) is 0 Å². The van der Waals surface area contributed by atoms with Crippen molar-refractivity contribution >= 4 is 12.0 Å². The highest BCUT2D eigenvalue weighted by molar-refractivity contribution is 5.75. The summed E-state index contributed by atoms with van der Waals surface area (Å²) in [4.78, 5) is 23.8. The molecule has 2 rings (SSSR count). The summed E-state index contributed by atoms with van der Waals surface area (Å²) >= 11 is 0. The molecule has 0 aliphatic heterocycles. The number of hydrogen-bond donors (Lipinski definition) is 2. The van der Waals surface area contributed by atoms with E-state index in [4.69, 9.17) is 5.11 Å². The molecule has 1 aliphatic rings. The number of carbonyl (C=O) groups excluding carboxylic acids is 1. The average molecular weight is 290 g/mol. The van der Waals surface area contributed by atoms with Gasteiger partial charge in [-0.3, -0.25) is 4.79 Å². The number of amides is 2. The van der Waals surface area contributed by atoms with Crippen LogP contribution in [-0.4, -0.2) is 42.1 Å². The molecule has 0 radical (unpaired) electrons. The molecule has 114 valence electrons. The topological polar surface area (TPSA) is 69.6 Å². The van der Waals surface area contributed by atoms with Crippen molar-refractivity contribution in [2.45, 2.75) is 25.7 Å². The minimum absolute atomic E-state index is 0.0287. The summed E-state index contributed by atoms with van der Waals surface area (Å²) in [7, 11) is 1.62. The number of nitrogens with one attached hydrogen (secondary N) is 1. The first kappa shape index (κ1) is 15.4. The molecule has 0 saturated heterocycles. The third-order valence-electron chi connectivity index (χ3n) is 4.00. The lowest BCUT2D eigenvalue weighted by molar-refractivity contribution is -0.137. The molecule has 1 saturated carbocycles. The fraction of sp³-hybridized carbons (Fsp3) is 0.500. The summed E-state index contributed by atoms with van der Waals surface area (Å²) < 4.78 is 0. The van der Waals surface area contributed by atoms with E-state index in [0.717, 1.165) is 19.3 Å². The van der Waals surface area contributed by atoms with Gasteiger partial charge in [0.1, 0.15) is 0 Å². The van der Waals surface area contributed by atoms with Crippen LogP contribution in [0.5, 0.6) is 0 Å². The zero-order valence-corrected chi connectivity index (χ0v) is 12.3. The van der Waals surface area contributed by atoms with Gasteiger partial charge in [-0.2, -0.15) is 0 Å². The van der Waals surface area contributed by atoms with Crippen LogP contribution in [0, 0.1) is 5.41 Å². The van der Waals surface area contributed by atoms with Gasteiger partial charge in [0.2, 0.25) is 0 Å². The molecule has 1 aromatic rings. The fourth-order valence-corrected chi connectivity index (χ4v) is 2.38. The third-order valence-corrected chi connectivity index (χ3v) is 4.00. The summed E-state index contributed by atoms with van der Waals surface area (Å²) in [6, 6.07) is 10.1. The summed E-state index contributed by atoms with van der Waals surface area (Å²) in [6.45, 7) is 0.880. The molecule has 0 bridgehead atoms. The van der Waals surface area contributed by atoms with Gasteiger partial charge in [-0.15, -0.1) is 0 Å². The van der Waals surface area contributed by atoms with Gasteiger partial charge in [0.15, 0.2) is 0 Å². The second kappa shape index (κ2) is 6.61. The zero-order valence-electron chi connectivity index (χ0n) is 12.3. The first-order valence-corrected chi connectivity index (χ1v) is 7.25. The van der Waals surface area contributed by atoms with Crippen LogP contribution in [0.15, 0.2) is 30.3 Å². The number of rotatable bonds is 7. The lowest BCUT2D eigenvalue weighted by Crippen LogP contribution is -2.41. The largest absolute Gasteiger partial charge is 0.481 e. The second-order valence-corrected chi connectivity index (χ2v) is 5.89. The zero-order chi connectivity index (χ0) is 15.3. The van der Waals surface area contributed by atoms with Gasteiger partial charge in [-0.1, -0.05) is 30.3 Å². The smallest absolute Gasteiger partial charge is 0.317 e. The van der Waals surface area contributed by atoms with Crippen molar-refractivity contribution in [2.75, 3.05) is 20.1 Å². The molecule has 1 fully saturated rings. The molecule has 0 aromatic heterocycles. The quantitative estimate of drug-likeness (QED) is 0.808. The van der Waals surface area contributed by atoms with E-state index in [2.05, 4.69) is 17.4 Å². The molecule has 1 aliphatic carbocycles. The van der Waals surface area contributed by atoms with Crippen LogP contribution < -0.4 is 5.32 Å². The van der Waals surface area contributed by atoms with Gasteiger partial charge in [0.05, 0.1) is 6.42 Å². The first-order chi connectivity index (χ1) is 10.0. The van der Waals surface area contributed by atoms with E-state index >= 15 is 0 Å². The van der Waals surface area contributed by atoms with Crippen LogP contribution in [0.25, 0.3) is 0 Å². The highest BCUT2D eigenvalue weighted by atomic mass is 16.4.